The monoisotopic (exact) mass is 503 g/mol. The fourth-order valence-electron chi connectivity index (χ4n) is 3.37. The second-order valence-electron chi connectivity index (χ2n) is 9.30. The lowest BCUT2D eigenvalue weighted by Crippen LogP contribution is -2.21. The number of nitrogens with zero attached hydrogens (tertiary/aromatic N) is 4. The van der Waals surface area contributed by atoms with E-state index in [0.717, 1.165) is 5.56 Å². The minimum Gasteiger partial charge on any atom is -0.457 e. The maximum absolute atomic E-state index is 14.7. The van der Waals surface area contributed by atoms with Gasteiger partial charge in [0.25, 0.3) is 0 Å². The van der Waals surface area contributed by atoms with Crippen molar-refractivity contribution in [1.29, 1.82) is 0 Å². The van der Waals surface area contributed by atoms with Crippen molar-refractivity contribution in [3.63, 3.8) is 0 Å². The summed E-state index contributed by atoms with van der Waals surface area (Å²) in [4.78, 5) is 31.9. The predicted octanol–water partition coefficient (Wildman–Crippen LogP) is 4.70. The summed E-state index contributed by atoms with van der Waals surface area (Å²) in [6.07, 6.45) is 7.99. The largest absolute Gasteiger partial charge is 0.457 e. The Morgan fingerprint density at radius 2 is 1.84 bits per heavy atom. The maximum Gasteiger partial charge on any atom is 0.323 e. The molecule has 190 valence electrons. The van der Waals surface area contributed by atoms with E-state index in [1.807, 2.05) is 26.8 Å². The fourth-order valence-corrected chi connectivity index (χ4v) is 3.37. The molecule has 3 amide bonds. The second-order valence-corrected chi connectivity index (χ2v) is 9.30. The third-order valence-corrected chi connectivity index (χ3v) is 5.26. The van der Waals surface area contributed by atoms with Crippen LogP contribution >= 0.6 is 0 Å². The van der Waals surface area contributed by atoms with E-state index in [4.69, 9.17) is 10.5 Å². The van der Waals surface area contributed by atoms with Crippen LogP contribution in [0.3, 0.4) is 0 Å². The minimum absolute atomic E-state index is 0.0120. The van der Waals surface area contributed by atoms with Gasteiger partial charge in [-0.05, 0) is 35.2 Å². The highest BCUT2D eigenvalue weighted by Gasteiger charge is 2.16. The summed E-state index contributed by atoms with van der Waals surface area (Å²) >= 11 is 0. The van der Waals surface area contributed by atoms with Crippen molar-refractivity contribution < 1.29 is 18.7 Å². The Morgan fingerprint density at radius 1 is 1.05 bits per heavy atom. The first-order valence-electron chi connectivity index (χ1n) is 11.3. The molecule has 4 rings (SSSR count). The van der Waals surface area contributed by atoms with Gasteiger partial charge in [0, 0.05) is 36.3 Å². The third-order valence-electron chi connectivity index (χ3n) is 5.26. The summed E-state index contributed by atoms with van der Waals surface area (Å²) in [6, 6.07) is 8.61. The van der Waals surface area contributed by atoms with Crippen LogP contribution in [0.25, 0.3) is 11.3 Å². The Kier molecular flexibility index (Phi) is 7.14. The fraction of sp³-hybridized carbons (Fsp3) is 0.192. The van der Waals surface area contributed by atoms with Crippen LogP contribution in [0.1, 0.15) is 26.3 Å². The molecule has 0 aliphatic rings. The van der Waals surface area contributed by atoms with E-state index in [0.29, 0.717) is 22.7 Å². The van der Waals surface area contributed by atoms with Crippen LogP contribution in [0.5, 0.6) is 11.5 Å². The van der Waals surface area contributed by atoms with Crippen molar-refractivity contribution in [3.05, 3.63) is 78.8 Å². The molecule has 0 saturated heterocycles. The Balaban J connectivity index is 1.41. The zero-order valence-corrected chi connectivity index (χ0v) is 20.5. The van der Waals surface area contributed by atoms with Crippen molar-refractivity contribution in [2.75, 3.05) is 10.6 Å². The van der Waals surface area contributed by atoms with E-state index in [2.05, 4.69) is 25.7 Å². The quantitative estimate of drug-likeness (QED) is 0.334. The van der Waals surface area contributed by atoms with Gasteiger partial charge < -0.3 is 21.1 Å². The Hall–Kier alpha value is -4.80. The van der Waals surface area contributed by atoms with Crippen LogP contribution in [0.15, 0.2) is 67.4 Å². The molecule has 0 aliphatic carbocycles. The molecule has 0 fully saturated rings. The molecule has 0 atom stereocenters. The van der Waals surface area contributed by atoms with Gasteiger partial charge in [-0.15, -0.1) is 0 Å². The van der Waals surface area contributed by atoms with E-state index in [-0.39, 0.29) is 23.4 Å². The average molecular weight is 504 g/mol. The highest BCUT2D eigenvalue weighted by molar-refractivity contribution is 5.99. The first-order valence-corrected chi connectivity index (χ1v) is 11.3. The Labute approximate surface area is 212 Å². The standard InChI is InChI=1S/C26H26FN7O3/c1-26(2,3)17-8-18(13-29-12-17)32-25(36)33-22-5-4-19(9-21(22)27)37-20-6-7-30-23(10-20)16-11-31-34(14-16)15-24(28)35/h4-14H,15H2,1-3H3,(H2,28,35)(H2,32,33,36). The van der Waals surface area contributed by atoms with Gasteiger partial charge in [0.15, 0.2) is 0 Å². The number of halogens is 1. The Bertz CT molecular complexity index is 1450. The number of carbonyl (C=O) groups excluding carboxylic acids is 2. The van der Waals surface area contributed by atoms with Gasteiger partial charge >= 0.3 is 6.03 Å². The molecule has 0 radical (unpaired) electrons. The predicted molar refractivity (Wildman–Crippen MR) is 137 cm³/mol. The number of nitrogens with one attached hydrogen (secondary N) is 2. The number of anilines is 2. The van der Waals surface area contributed by atoms with Gasteiger partial charge in [-0.1, -0.05) is 20.8 Å². The van der Waals surface area contributed by atoms with E-state index < -0.39 is 17.8 Å². The van der Waals surface area contributed by atoms with Crippen LogP contribution in [0.2, 0.25) is 0 Å². The molecule has 37 heavy (non-hydrogen) atoms. The normalized spacial score (nSPS) is 11.1. The summed E-state index contributed by atoms with van der Waals surface area (Å²) in [5.41, 5.74) is 7.71. The molecule has 0 aliphatic heterocycles. The van der Waals surface area contributed by atoms with E-state index in [1.165, 1.54) is 35.3 Å². The summed E-state index contributed by atoms with van der Waals surface area (Å²) in [5.74, 6) is -0.538. The number of primary amides is 1. The topological polar surface area (TPSA) is 137 Å². The second kappa shape index (κ2) is 10.4. The lowest BCUT2D eigenvalue weighted by Gasteiger charge is -2.19. The molecule has 0 unspecified atom stereocenters. The zero-order valence-electron chi connectivity index (χ0n) is 20.5. The molecule has 0 spiro atoms. The number of amides is 3. The lowest BCUT2D eigenvalue weighted by atomic mass is 9.88. The van der Waals surface area contributed by atoms with Crippen LogP contribution < -0.4 is 21.1 Å². The van der Waals surface area contributed by atoms with Crippen molar-refractivity contribution in [3.8, 4) is 22.8 Å². The Morgan fingerprint density at radius 3 is 2.57 bits per heavy atom. The number of ether oxygens (including phenoxy) is 1. The number of benzene rings is 1. The molecule has 3 aromatic heterocycles. The number of urea groups is 1. The van der Waals surface area contributed by atoms with Gasteiger partial charge in [-0.2, -0.15) is 5.10 Å². The highest BCUT2D eigenvalue weighted by atomic mass is 19.1. The molecule has 0 bridgehead atoms. The average Bonchev–Trinajstić information content (AvgIpc) is 3.28. The van der Waals surface area contributed by atoms with Crippen LogP contribution in [0, 0.1) is 5.82 Å². The van der Waals surface area contributed by atoms with E-state index >= 15 is 0 Å². The number of carbonyl (C=O) groups is 2. The van der Waals surface area contributed by atoms with Gasteiger partial charge in [-0.3, -0.25) is 19.4 Å². The van der Waals surface area contributed by atoms with Crippen LogP contribution in [-0.4, -0.2) is 31.7 Å². The lowest BCUT2D eigenvalue weighted by molar-refractivity contribution is -0.118. The number of rotatable bonds is 7. The third kappa shape index (κ3) is 6.66. The molecule has 11 heteroatoms. The van der Waals surface area contributed by atoms with Gasteiger partial charge in [-0.25, -0.2) is 9.18 Å². The maximum atomic E-state index is 14.7. The van der Waals surface area contributed by atoms with E-state index in [9.17, 15) is 14.0 Å². The molecule has 3 heterocycles. The molecular formula is C26H26FN7O3. The van der Waals surface area contributed by atoms with E-state index in [1.54, 1.807) is 30.7 Å². The van der Waals surface area contributed by atoms with Crippen LogP contribution in [-0.2, 0) is 16.8 Å². The van der Waals surface area contributed by atoms with Crippen molar-refractivity contribution in [2.45, 2.75) is 32.7 Å². The summed E-state index contributed by atoms with van der Waals surface area (Å²) in [5, 5.41) is 9.24. The number of hydrogen-bond acceptors (Lipinski definition) is 6. The molecule has 0 saturated carbocycles. The summed E-state index contributed by atoms with van der Waals surface area (Å²) < 4.78 is 21.9. The summed E-state index contributed by atoms with van der Waals surface area (Å²) in [7, 11) is 0. The molecule has 4 aromatic rings. The molecule has 10 nitrogen and oxygen atoms in total. The van der Waals surface area contributed by atoms with Crippen molar-refractivity contribution in [1.82, 2.24) is 19.7 Å². The SMILES string of the molecule is CC(C)(C)c1cncc(NC(=O)Nc2ccc(Oc3ccnc(-c4cnn(CC(N)=O)c4)c3)cc2F)c1. The first-order chi connectivity index (χ1) is 17.6. The number of pyridine rings is 2. The molecule has 1 aromatic carbocycles. The molecule has 4 N–H and O–H groups in total. The van der Waals surface area contributed by atoms with Crippen molar-refractivity contribution >= 4 is 23.3 Å². The van der Waals surface area contributed by atoms with Crippen LogP contribution in [0.4, 0.5) is 20.6 Å². The zero-order chi connectivity index (χ0) is 26.6. The highest BCUT2D eigenvalue weighted by Crippen LogP contribution is 2.28. The van der Waals surface area contributed by atoms with Crippen molar-refractivity contribution in [2.24, 2.45) is 5.73 Å². The summed E-state index contributed by atoms with van der Waals surface area (Å²) in [6.45, 7) is 6.08. The molecular weight excluding hydrogens is 477 g/mol. The van der Waals surface area contributed by atoms with Gasteiger partial charge in [0.05, 0.1) is 29.5 Å². The number of aromatic nitrogens is 4. The minimum atomic E-state index is -0.670. The number of hydrogen-bond donors (Lipinski definition) is 3. The van der Waals surface area contributed by atoms with Gasteiger partial charge in [0.2, 0.25) is 5.91 Å². The smallest absolute Gasteiger partial charge is 0.323 e. The number of nitrogens with two attached hydrogens (primary N) is 1. The first kappa shape index (κ1) is 25.3. The van der Waals surface area contributed by atoms with Gasteiger partial charge in [0.1, 0.15) is 23.9 Å².